The van der Waals surface area contributed by atoms with Crippen molar-refractivity contribution in [3.63, 3.8) is 0 Å². The van der Waals surface area contributed by atoms with Crippen molar-refractivity contribution in [1.82, 2.24) is 5.32 Å². The lowest BCUT2D eigenvalue weighted by Gasteiger charge is -2.25. The van der Waals surface area contributed by atoms with E-state index in [1.54, 1.807) is 0 Å². The van der Waals surface area contributed by atoms with Gasteiger partial charge >= 0.3 is 0 Å². The fourth-order valence-electron chi connectivity index (χ4n) is 2.94. The third-order valence-electron chi connectivity index (χ3n) is 4.43. The van der Waals surface area contributed by atoms with E-state index < -0.39 is 0 Å². The van der Waals surface area contributed by atoms with Gasteiger partial charge in [-0.15, -0.1) is 0 Å². The Morgan fingerprint density at radius 2 is 1.84 bits per heavy atom. The minimum absolute atomic E-state index is 0.433. The first-order valence-electron chi connectivity index (χ1n) is 7.70. The van der Waals surface area contributed by atoms with Crippen molar-refractivity contribution >= 4 is 5.69 Å². The normalized spacial score (nSPS) is 24.7. The molecule has 0 aliphatic carbocycles. The van der Waals surface area contributed by atoms with Crippen LogP contribution in [0, 0.1) is 11.8 Å². The van der Waals surface area contributed by atoms with Gasteiger partial charge in [-0.1, -0.05) is 39.0 Å². The van der Waals surface area contributed by atoms with Gasteiger partial charge in [-0.05, 0) is 43.4 Å². The van der Waals surface area contributed by atoms with Gasteiger partial charge in [0, 0.05) is 24.8 Å². The van der Waals surface area contributed by atoms with Gasteiger partial charge in [0.25, 0.3) is 0 Å². The number of anilines is 1. The lowest BCUT2D eigenvalue weighted by molar-refractivity contribution is 0.494. The van der Waals surface area contributed by atoms with Crippen LogP contribution in [0.25, 0.3) is 0 Å². The highest BCUT2D eigenvalue weighted by atomic mass is 15.2. The molecule has 0 amide bonds. The lowest BCUT2D eigenvalue weighted by atomic mass is 10.0. The average Bonchev–Trinajstić information content (AvgIpc) is 2.76. The van der Waals surface area contributed by atoms with E-state index in [0.29, 0.717) is 6.04 Å². The Bertz CT molecular complexity index is 392. The first-order chi connectivity index (χ1) is 9.13. The van der Waals surface area contributed by atoms with Crippen LogP contribution in [0.2, 0.25) is 0 Å². The summed E-state index contributed by atoms with van der Waals surface area (Å²) >= 11 is 0. The smallest absolute Gasteiger partial charge is 0.0414 e. The zero-order valence-corrected chi connectivity index (χ0v) is 12.8. The van der Waals surface area contributed by atoms with E-state index in [9.17, 15) is 0 Å². The Labute approximate surface area is 118 Å². The molecular formula is C17H28N2. The molecule has 1 saturated heterocycles. The Morgan fingerprint density at radius 1 is 1.21 bits per heavy atom. The molecule has 1 aliphatic rings. The zero-order valence-electron chi connectivity index (χ0n) is 12.8. The highest BCUT2D eigenvalue weighted by molar-refractivity contribution is 5.55. The fraction of sp³-hybridized carbons (Fsp3) is 0.647. The SMILES string of the molecule is CCCNC(C)c1ccccc1N1CC(C)C(C)C1. The van der Waals surface area contributed by atoms with E-state index in [-0.39, 0.29) is 0 Å². The maximum atomic E-state index is 3.61. The molecule has 1 fully saturated rings. The minimum Gasteiger partial charge on any atom is -0.371 e. The predicted molar refractivity (Wildman–Crippen MR) is 83.7 cm³/mol. The summed E-state index contributed by atoms with van der Waals surface area (Å²) in [5.41, 5.74) is 2.87. The number of rotatable bonds is 5. The molecule has 3 unspecified atom stereocenters. The predicted octanol–water partition coefficient (Wildman–Crippen LogP) is 3.84. The molecule has 3 atom stereocenters. The largest absolute Gasteiger partial charge is 0.371 e. The summed E-state index contributed by atoms with van der Waals surface area (Å²) in [5, 5.41) is 3.61. The van der Waals surface area contributed by atoms with Crippen LogP contribution in [0.4, 0.5) is 5.69 Å². The van der Waals surface area contributed by atoms with Crippen LogP contribution < -0.4 is 10.2 Å². The Morgan fingerprint density at radius 3 is 2.47 bits per heavy atom. The van der Waals surface area contributed by atoms with E-state index in [1.807, 2.05) is 0 Å². The van der Waals surface area contributed by atoms with E-state index >= 15 is 0 Å². The number of nitrogens with one attached hydrogen (secondary N) is 1. The average molecular weight is 260 g/mol. The summed E-state index contributed by atoms with van der Waals surface area (Å²) in [6.45, 7) is 12.7. The first-order valence-corrected chi connectivity index (χ1v) is 7.70. The maximum Gasteiger partial charge on any atom is 0.0414 e. The molecule has 106 valence electrons. The molecule has 19 heavy (non-hydrogen) atoms. The van der Waals surface area contributed by atoms with Crippen LogP contribution in [0.1, 0.15) is 45.7 Å². The van der Waals surface area contributed by atoms with Crippen molar-refractivity contribution in [3.8, 4) is 0 Å². The number of benzene rings is 1. The summed E-state index contributed by atoms with van der Waals surface area (Å²) in [5.74, 6) is 1.60. The van der Waals surface area contributed by atoms with Crippen LogP contribution in [0.15, 0.2) is 24.3 Å². The van der Waals surface area contributed by atoms with Crippen molar-refractivity contribution in [3.05, 3.63) is 29.8 Å². The standard InChI is InChI=1S/C17H28N2/c1-5-10-18-15(4)16-8-6-7-9-17(16)19-11-13(2)14(3)12-19/h6-9,13-15,18H,5,10-12H2,1-4H3. The van der Waals surface area contributed by atoms with Crippen LogP contribution >= 0.6 is 0 Å². The molecule has 1 aliphatic heterocycles. The zero-order chi connectivity index (χ0) is 13.8. The molecule has 1 N–H and O–H groups in total. The third-order valence-corrected chi connectivity index (χ3v) is 4.43. The highest BCUT2D eigenvalue weighted by Crippen LogP contribution is 2.32. The summed E-state index contributed by atoms with van der Waals surface area (Å²) in [6, 6.07) is 9.31. The second-order valence-corrected chi connectivity index (χ2v) is 6.09. The van der Waals surface area contributed by atoms with Crippen molar-refractivity contribution in [2.75, 3.05) is 24.5 Å². The maximum absolute atomic E-state index is 3.61. The molecular weight excluding hydrogens is 232 g/mol. The van der Waals surface area contributed by atoms with Crippen LogP contribution in [-0.4, -0.2) is 19.6 Å². The Kier molecular flexibility index (Phi) is 4.87. The first kappa shape index (κ1) is 14.4. The molecule has 0 spiro atoms. The molecule has 0 radical (unpaired) electrons. The second kappa shape index (κ2) is 6.42. The molecule has 0 aromatic heterocycles. The van der Waals surface area contributed by atoms with Crippen LogP contribution in [-0.2, 0) is 0 Å². The molecule has 2 rings (SSSR count). The quantitative estimate of drug-likeness (QED) is 0.865. The lowest BCUT2D eigenvalue weighted by Crippen LogP contribution is -2.25. The van der Waals surface area contributed by atoms with Gasteiger partial charge in [0.1, 0.15) is 0 Å². The van der Waals surface area contributed by atoms with E-state index in [0.717, 1.165) is 18.4 Å². The monoisotopic (exact) mass is 260 g/mol. The minimum atomic E-state index is 0.433. The van der Waals surface area contributed by atoms with Gasteiger partial charge in [-0.2, -0.15) is 0 Å². The van der Waals surface area contributed by atoms with Crippen molar-refractivity contribution in [1.29, 1.82) is 0 Å². The molecule has 1 aromatic rings. The van der Waals surface area contributed by atoms with Gasteiger partial charge < -0.3 is 10.2 Å². The summed E-state index contributed by atoms with van der Waals surface area (Å²) < 4.78 is 0. The molecule has 1 heterocycles. The van der Waals surface area contributed by atoms with Crippen LogP contribution in [0.5, 0.6) is 0 Å². The van der Waals surface area contributed by atoms with Gasteiger partial charge in [0.15, 0.2) is 0 Å². The van der Waals surface area contributed by atoms with E-state index in [4.69, 9.17) is 0 Å². The van der Waals surface area contributed by atoms with E-state index in [1.165, 1.54) is 30.8 Å². The molecule has 1 aromatic carbocycles. The fourth-order valence-corrected chi connectivity index (χ4v) is 2.94. The molecule has 0 bridgehead atoms. The number of para-hydroxylation sites is 1. The number of nitrogens with zero attached hydrogens (tertiary/aromatic N) is 1. The third kappa shape index (κ3) is 3.30. The molecule has 2 heteroatoms. The highest BCUT2D eigenvalue weighted by Gasteiger charge is 2.27. The van der Waals surface area contributed by atoms with Gasteiger partial charge in [-0.3, -0.25) is 0 Å². The topological polar surface area (TPSA) is 15.3 Å². The Balaban J connectivity index is 2.16. The second-order valence-electron chi connectivity index (χ2n) is 6.09. The molecule has 0 saturated carbocycles. The van der Waals surface area contributed by atoms with Gasteiger partial charge in [-0.25, -0.2) is 0 Å². The van der Waals surface area contributed by atoms with Crippen molar-refractivity contribution in [2.45, 2.75) is 40.2 Å². The van der Waals surface area contributed by atoms with Crippen LogP contribution in [0.3, 0.4) is 0 Å². The molecule has 2 nitrogen and oxygen atoms in total. The number of hydrogen-bond donors (Lipinski definition) is 1. The van der Waals surface area contributed by atoms with Gasteiger partial charge in [0.2, 0.25) is 0 Å². The summed E-state index contributed by atoms with van der Waals surface area (Å²) in [7, 11) is 0. The number of hydrogen-bond acceptors (Lipinski definition) is 2. The van der Waals surface area contributed by atoms with Gasteiger partial charge in [0.05, 0.1) is 0 Å². The summed E-state index contributed by atoms with van der Waals surface area (Å²) in [4.78, 5) is 2.56. The Hall–Kier alpha value is -1.02. The van der Waals surface area contributed by atoms with E-state index in [2.05, 4.69) is 62.2 Å². The summed E-state index contributed by atoms with van der Waals surface area (Å²) in [6.07, 6.45) is 1.18. The van der Waals surface area contributed by atoms with Crippen molar-refractivity contribution in [2.24, 2.45) is 11.8 Å². The van der Waals surface area contributed by atoms with Crippen molar-refractivity contribution < 1.29 is 0 Å².